The smallest absolute Gasteiger partial charge is 0.433 e. The van der Waals surface area contributed by atoms with Crippen LogP contribution in [0.4, 0.5) is 4.79 Å². The molecule has 2 aromatic rings. The van der Waals surface area contributed by atoms with Gasteiger partial charge >= 0.3 is 6.09 Å². The van der Waals surface area contributed by atoms with E-state index in [1.807, 2.05) is 60.7 Å². The van der Waals surface area contributed by atoms with Crippen molar-refractivity contribution < 1.29 is 18.7 Å². The van der Waals surface area contributed by atoms with Crippen molar-refractivity contribution in [3.8, 4) is 0 Å². The second kappa shape index (κ2) is 12.3. The first-order chi connectivity index (χ1) is 13.9. The van der Waals surface area contributed by atoms with Crippen molar-refractivity contribution in [1.29, 1.82) is 0 Å². The van der Waals surface area contributed by atoms with Crippen LogP contribution in [0.15, 0.2) is 65.7 Å². The Bertz CT molecular complexity index is 744. The number of carbonyl (C=O) groups excluding carboxylic acids is 1. The summed E-state index contributed by atoms with van der Waals surface area (Å²) in [7, 11) is -1.53. The van der Waals surface area contributed by atoms with E-state index in [0.29, 0.717) is 13.2 Å². The van der Waals surface area contributed by atoms with Gasteiger partial charge in [-0.1, -0.05) is 60.7 Å². The summed E-state index contributed by atoms with van der Waals surface area (Å²) in [5.74, 6) is 0. The molecular weight excluding hydrogens is 382 g/mol. The maximum atomic E-state index is 12.0. The lowest BCUT2D eigenvalue weighted by molar-refractivity contribution is 0.0770. The summed E-state index contributed by atoms with van der Waals surface area (Å²) in [5.41, 5.74) is 2.01. The number of benzene rings is 2. The molecule has 5 nitrogen and oxygen atoms in total. The summed E-state index contributed by atoms with van der Waals surface area (Å²) in [4.78, 5) is 15.9. The molecule has 2 rings (SSSR count). The minimum atomic E-state index is -1.53. The van der Waals surface area contributed by atoms with Crippen molar-refractivity contribution in [2.75, 3.05) is 6.61 Å². The van der Waals surface area contributed by atoms with Crippen LogP contribution in [0.25, 0.3) is 0 Å². The van der Waals surface area contributed by atoms with Crippen LogP contribution < -0.4 is 0 Å². The molecule has 0 unspecified atom stereocenters. The Morgan fingerprint density at radius 1 is 0.966 bits per heavy atom. The molecular formula is C23H31NO4Si. The number of hydrogen-bond acceptors (Lipinski definition) is 4. The van der Waals surface area contributed by atoms with Crippen molar-refractivity contribution in [2.45, 2.75) is 51.8 Å². The fourth-order valence-corrected chi connectivity index (χ4v) is 3.30. The van der Waals surface area contributed by atoms with Gasteiger partial charge in [0, 0.05) is 12.8 Å². The Balaban J connectivity index is 1.84. The molecule has 0 spiro atoms. The van der Waals surface area contributed by atoms with Crippen LogP contribution in [0.2, 0.25) is 19.6 Å². The van der Waals surface area contributed by atoms with E-state index in [1.54, 1.807) is 6.21 Å². The summed E-state index contributed by atoms with van der Waals surface area (Å²) in [6, 6.07) is 19.5. The van der Waals surface area contributed by atoms with Gasteiger partial charge in [0.15, 0.2) is 8.32 Å². The quantitative estimate of drug-likeness (QED) is 0.273. The van der Waals surface area contributed by atoms with Gasteiger partial charge in [-0.2, -0.15) is 4.99 Å². The highest BCUT2D eigenvalue weighted by atomic mass is 28.4. The maximum Gasteiger partial charge on any atom is 0.433 e. The van der Waals surface area contributed by atoms with E-state index in [4.69, 9.17) is 13.9 Å². The first kappa shape index (κ1) is 23.0. The van der Waals surface area contributed by atoms with E-state index in [2.05, 4.69) is 24.6 Å². The number of aliphatic imine (C=N–C) groups is 1. The van der Waals surface area contributed by atoms with Crippen LogP contribution in [0.5, 0.6) is 0 Å². The van der Waals surface area contributed by atoms with E-state index in [1.165, 1.54) is 0 Å². The number of carbonyl (C=O) groups is 1. The van der Waals surface area contributed by atoms with Crippen molar-refractivity contribution >= 4 is 20.6 Å². The van der Waals surface area contributed by atoms with E-state index in [-0.39, 0.29) is 12.7 Å². The minimum absolute atomic E-state index is 0.205. The van der Waals surface area contributed by atoms with Gasteiger partial charge in [-0.15, -0.1) is 0 Å². The zero-order valence-corrected chi connectivity index (χ0v) is 18.5. The van der Waals surface area contributed by atoms with E-state index in [9.17, 15) is 4.79 Å². The molecule has 6 heteroatoms. The molecule has 0 bridgehead atoms. The molecule has 156 valence electrons. The molecule has 0 saturated heterocycles. The lowest BCUT2D eigenvalue weighted by Crippen LogP contribution is -2.26. The summed E-state index contributed by atoms with van der Waals surface area (Å²) >= 11 is 0. The lowest BCUT2D eigenvalue weighted by atomic mass is 10.2. The first-order valence-electron chi connectivity index (χ1n) is 9.97. The van der Waals surface area contributed by atoms with Gasteiger partial charge in [-0.25, -0.2) is 4.79 Å². The monoisotopic (exact) mass is 413 g/mol. The Kier molecular flexibility index (Phi) is 9.77. The summed E-state index contributed by atoms with van der Waals surface area (Å²) in [6.45, 7) is 7.86. The van der Waals surface area contributed by atoms with Gasteiger partial charge in [-0.05, 0) is 43.6 Å². The first-order valence-corrected chi connectivity index (χ1v) is 13.4. The predicted octanol–water partition coefficient (Wildman–Crippen LogP) is 5.61. The average molecular weight is 414 g/mol. The number of nitrogens with zero attached hydrogens (tertiary/aromatic N) is 1. The Morgan fingerprint density at radius 2 is 1.55 bits per heavy atom. The summed E-state index contributed by atoms with van der Waals surface area (Å²) in [6.07, 6.45) is 2.23. The van der Waals surface area contributed by atoms with Crippen LogP contribution in [0, 0.1) is 0 Å². The minimum Gasteiger partial charge on any atom is -0.443 e. The topological polar surface area (TPSA) is 57.1 Å². The molecule has 0 fully saturated rings. The Labute approximate surface area is 174 Å². The van der Waals surface area contributed by atoms with Crippen LogP contribution in [-0.2, 0) is 27.1 Å². The van der Waals surface area contributed by atoms with Crippen LogP contribution in [0.3, 0.4) is 0 Å². The maximum absolute atomic E-state index is 12.0. The third-order valence-corrected chi connectivity index (χ3v) is 5.10. The number of amides is 1. The Hall–Kier alpha value is -2.28. The zero-order valence-electron chi connectivity index (χ0n) is 17.5. The van der Waals surface area contributed by atoms with Crippen molar-refractivity contribution in [3.63, 3.8) is 0 Å². The summed E-state index contributed by atoms with van der Waals surface area (Å²) in [5, 5.41) is 0. The van der Waals surface area contributed by atoms with Gasteiger partial charge in [0.05, 0.1) is 12.7 Å². The van der Waals surface area contributed by atoms with Crippen molar-refractivity contribution in [3.05, 3.63) is 71.8 Å². The molecule has 0 aliphatic heterocycles. The highest BCUT2D eigenvalue weighted by Gasteiger charge is 2.14. The largest absolute Gasteiger partial charge is 0.443 e. The molecule has 1 atom stereocenters. The lowest BCUT2D eigenvalue weighted by Gasteiger charge is -2.18. The molecule has 0 aromatic heterocycles. The SMILES string of the molecule is C[Si](C)(C)OCCC[C@@H](/C=N/C(=O)OCc1ccccc1)OCc1ccccc1. The zero-order chi connectivity index (χ0) is 21.0. The molecule has 0 heterocycles. The number of hydrogen-bond donors (Lipinski definition) is 0. The van der Waals surface area contributed by atoms with Crippen LogP contribution >= 0.6 is 0 Å². The molecule has 29 heavy (non-hydrogen) atoms. The summed E-state index contributed by atoms with van der Waals surface area (Å²) < 4.78 is 17.1. The number of rotatable bonds is 11. The second-order valence-corrected chi connectivity index (χ2v) is 12.3. The van der Waals surface area contributed by atoms with Crippen molar-refractivity contribution in [2.24, 2.45) is 4.99 Å². The number of ether oxygens (including phenoxy) is 2. The molecule has 0 saturated carbocycles. The predicted molar refractivity (Wildman–Crippen MR) is 119 cm³/mol. The van der Waals surface area contributed by atoms with E-state index >= 15 is 0 Å². The fraction of sp³-hybridized carbons (Fsp3) is 0.391. The molecule has 1 amide bonds. The highest BCUT2D eigenvalue weighted by Crippen LogP contribution is 2.10. The van der Waals surface area contributed by atoms with Crippen LogP contribution in [0.1, 0.15) is 24.0 Å². The highest BCUT2D eigenvalue weighted by molar-refractivity contribution is 6.69. The third-order valence-electron chi connectivity index (χ3n) is 4.03. The fourth-order valence-electron chi connectivity index (χ4n) is 2.54. The van der Waals surface area contributed by atoms with Gasteiger partial charge < -0.3 is 13.9 Å². The molecule has 0 radical (unpaired) electrons. The van der Waals surface area contributed by atoms with E-state index in [0.717, 1.165) is 24.0 Å². The molecule has 2 aromatic carbocycles. The molecule has 0 N–H and O–H groups in total. The average Bonchev–Trinajstić information content (AvgIpc) is 2.71. The third kappa shape index (κ3) is 10.7. The van der Waals surface area contributed by atoms with E-state index < -0.39 is 14.4 Å². The van der Waals surface area contributed by atoms with Crippen molar-refractivity contribution in [1.82, 2.24) is 0 Å². The van der Waals surface area contributed by atoms with Gasteiger partial charge in [-0.3, -0.25) is 0 Å². The van der Waals surface area contributed by atoms with Gasteiger partial charge in [0.1, 0.15) is 6.61 Å². The van der Waals surface area contributed by atoms with Gasteiger partial charge in [0.2, 0.25) is 0 Å². The second-order valence-electron chi connectivity index (χ2n) is 7.76. The Morgan fingerprint density at radius 3 is 2.14 bits per heavy atom. The molecule has 0 aliphatic carbocycles. The van der Waals surface area contributed by atoms with Gasteiger partial charge in [0.25, 0.3) is 0 Å². The standard InChI is InChI=1S/C23H31NO4Si/c1-29(2,3)28-16-10-15-22(26-18-20-11-6-4-7-12-20)17-24-23(25)27-19-21-13-8-5-9-14-21/h4-9,11-14,17,22H,10,15-16,18-19H2,1-3H3/b24-17+/t22-/m0/s1. The van der Waals surface area contributed by atoms with Crippen LogP contribution in [-0.4, -0.2) is 33.3 Å². The molecule has 0 aliphatic rings. The normalized spacial score (nSPS) is 12.8.